The molecular formula is C20H21BrF3N3O. The highest BCUT2D eigenvalue weighted by Crippen LogP contribution is 2.51. The van der Waals surface area contributed by atoms with E-state index in [-0.39, 0.29) is 12.8 Å². The zero-order valence-corrected chi connectivity index (χ0v) is 17.2. The van der Waals surface area contributed by atoms with Gasteiger partial charge in [0.25, 0.3) is 5.92 Å². The number of halogens is 4. The van der Waals surface area contributed by atoms with Crippen LogP contribution >= 0.6 is 15.9 Å². The van der Waals surface area contributed by atoms with Gasteiger partial charge in [-0.3, -0.25) is 0 Å². The molecule has 0 saturated heterocycles. The predicted octanol–water partition coefficient (Wildman–Crippen LogP) is 5.05. The highest BCUT2D eigenvalue weighted by molar-refractivity contribution is 9.11. The molecule has 1 saturated carbocycles. The van der Waals surface area contributed by atoms with E-state index in [1.807, 2.05) is 0 Å². The minimum Gasteiger partial charge on any atom is -0.386 e. The van der Waals surface area contributed by atoms with E-state index in [2.05, 4.69) is 32.9 Å². The topological polar surface area (TPSA) is 48.2 Å². The molecule has 0 aromatic heterocycles. The van der Waals surface area contributed by atoms with E-state index in [0.29, 0.717) is 33.6 Å². The number of benzene rings is 1. The number of rotatable bonds is 5. The van der Waals surface area contributed by atoms with Crippen LogP contribution in [0.4, 0.5) is 13.2 Å². The molecule has 1 aliphatic carbocycles. The summed E-state index contributed by atoms with van der Waals surface area (Å²) in [6.07, 6.45) is 3.32. The monoisotopic (exact) mass is 455 g/mol. The van der Waals surface area contributed by atoms with Crippen molar-refractivity contribution in [3.05, 3.63) is 51.9 Å². The van der Waals surface area contributed by atoms with Crippen LogP contribution < -0.4 is 0 Å². The summed E-state index contributed by atoms with van der Waals surface area (Å²) >= 11 is 3.47. The molecule has 8 heteroatoms. The summed E-state index contributed by atoms with van der Waals surface area (Å²) in [5.74, 6) is -3.45. The van der Waals surface area contributed by atoms with Crippen molar-refractivity contribution in [3.63, 3.8) is 0 Å². The quantitative estimate of drug-likeness (QED) is 0.383. The third-order valence-corrected chi connectivity index (χ3v) is 5.57. The van der Waals surface area contributed by atoms with E-state index in [4.69, 9.17) is 0 Å². The number of hydrogen-bond donors (Lipinski definition) is 1. The van der Waals surface area contributed by atoms with E-state index in [0.717, 1.165) is 0 Å². The van der Waals surface area contributed by atoms with Crippen LogP contribution in [-0.2, 0) is 5.60 Å². The van der Waals surface area contributed by atoms with Crippen molar-refractivity contribution < 1.29 is 18.3 Å². The van der Waals surface area contributed by atoms with Crippen LogP contribution in [0, 0.1) is 11.7 Å². The van der Waals surface area contributed by atoms with Crippen molar-refractivity contribution in [3.8, 4) is 0 Å². The normalized spacial score (nSPS) is 21.9. The minimum absolute atomic E-state index is 0.0978. The molecule has 0 amide bonds. The van der Waals surface area contributed by atoms with E-state index < -0.39 is 23.3 Å². The van der Waals surface area contributed by atoms with Crippen molar-refractivity contribution in [2.45, 2.75) is 38.2 Å². The van der Waals surface area contributed by atoms with Crippen molar-refractivity contribution in [1.29, 1.82) is 0 Å². The lowest BCUT2D eigenvalue weighted by Crippen LogP contribution is -2.30. The zero-order chi connectivity index (χ0) is 20.7. The molecule has 1 N–H and O–H groups in total. The smallest absolute Gasteiger partial charge is 0.252 e. The van der Waals surface area contributed by atoms with E-state index in [1.54, 1.807) is 43.2 Å². The highest BCUT2D eigenvalue weighted by Gasteiger charge is 2.57. The highest BCUT2D eigenvalue weighted by atomic mass is 79.9. The Morgan fingerprint density at radius 3 is 2.61 bits per heavy atom. The van der Waals surface area contributed by atoms with Crippen molar-refractivity contribution in [2.75, 3.05) is 6.54 Å². The maximum atomic E-state index is 14.6. The van der Waals surface area contributed by atoms with Crippen LogP contribution in [0.3, 0.4) is 0 Å². The minimum atomic E-state index is -2.65. The van der Waals surface area contributed by atoms with Crippen LogP contribution in [0.1, 0.15) is 37.8 Å². The Morgan fingerprint density at radius 1 is 1.43 bits per heavy atom. The van der Waals surface area contributed by atoms with E-state index in [9.17, 15) is 18.3 Å². The summed E-state index contributed by atoms with van der Waals surface area (Å²) in [6.45, 7) is 6.80. The second-order valence-electron chi connectivity index (χ2n) is 7.54. The molecule has 0 bridgehead atoms. The maximum Gasteiger partial charge on any atom is 0.252 e. The maximum absolute atomic E-state index is 14.6. The van der Waals surface area contributed by atoms with Crippen LogP contribution in [-0.4, -0.2) is 35.0 Å². The third-order valence-electron chi connectivity index (χ3n) is 4.89. The Hall–Kier alpha value is -1.93. The molecule has 2 aliphatic rings. The molecule has 1 heterocycles. The van der Waals surface area contributed by atoms with Crippen molar-refractivity contribution in [1.82, 2.24) is 4.90 Å². The summed E-state index contributed by atoms with van der Waals surface area (Å²) in [4.78, 5) is 1.69. The predicted molar refractivity (Wildman–Crippen MR) is 108 cm³/mol. The fourth-order valence-electron chi connectivity index (χ4n) is 3.08. The SMILES string of the molecule is C=N/N=C(/CC1CC1(F)F)N1C=CC(c2ccc(C(C)(C)O)cc2F)=C(Br)C1. The van der Waals surface area contributed by atoms with E-state index >= 15 is 0 Å². The van der Waals surface area contributed by atoms with Crippen LogP contribution in [0.25, 0.3) is 5.57 Å². The molecule has 1 aromatic rings. The number of amidine groups is 1. The Labute approximate surface area is 170 Å². The van der Waals surface area contributed by atoms with Crippen LogP contribution in [0.5, 0.6) is 0 Å². The average molecular weight is 456 g/mol. The van der Waals surface area contributed by atoms with Gasteiger partial charge in [-0.1, -0.05) is 28.1 Å². The third kappa shape index (κ3) is 4.38. The number of hydrogen-bond acceptors (Lipinski definition) is 3. The molecule has 0 spiro atoms. The Morgan fingerprint density at radius 2 is 2.11 bits per heavy atom. The molecule has 4 nitrogen and oxygen atoms in total. The molecule has 1 atom stereocenters. The molecule has 1 fully saturated rings. The number of nitrogens with zero attached hydrogens (tertiary/aromatic N) is 3. The van der Waals surface area contributed by atoms with Gasteiger partial charge in [0.2, 0.25) is 0 Å². The number of aliphatic hydroxyl groups is 1. The molecule has 3 rings (SSSR count). The largest absolute Gasteiger partial charge is 0.386 e. The summed E-state index contributed by atoms with van der Waals surface area (Å²) in [7, 11) is 0. The van der Waals surface area contributed by atoms with Crippen LogP contribution in [0.15, 0.2) is 45.2 Å². The first kappa shape index (κ1) is 20.8. The molecule has 150 valence electrons. The van der Waals surface area contributed by atoms with Crippen LogP contribution in [0.2, 0.25) is 0 Å². The Bertz CT molecular complexity index is 887. The van der Waals surface area contributed by atoms with Gasteiger partial charge >= 0.3 is 0 Å². The van der Waals surface area contributed by atoms with Gasteiger partial charge in [0.05, 0.1) is 12.1 Å². The first-order valence-corrected chi connectivity index (χ1v) is 9.59. The fraction of sp³-hybridized carbons (Fsp3) is 0.400. The average Bonchev–Trinajstić information content (AvgIpc) is 3.20. The lowest BCUT2D eigenvalue weighted by molar-refractivity contribution is 0.0782. The standard InChI is InChI=1S/C20H21BrF3N3O/c1-19(2,28)12-4-5-15(17(22)8-12)14-6-7-27(11-16(14)21)18(26-25-3)9-13-10-20(13,23)24/h4-8,13,28H,3,9-11H2,1-2H3/b26-18-. The fourth-order valence-corrected chi connectivity index (χ4v) is 3.69. The molecule has 1 aliphatic heterocycles. The first-order valence-electron chi connectivity index (χ1n) is 8.79. The molecule has 28 heavy (non-hydrogen) atoms. The molecular weight excluding hydrogens is 435 g/mol. The van der Waals surface area contributed by atoms with E-state index in [1.165, 1.54) is 6.07 Å². The van der Waals surface area contributed by atoms with Gasteiger partial charge in [0, 0.05) is 41.7 Å². The Balaban J connectivity index is 1.81. The summed E-state index contributed by atoms with van der Waals surface area (Å²) in [5, 5.41) is 17.4. The first-order chi connectivity index (χ1) is 13.0. The summed E-state index contributed by atoms with van der Waals surface area (Å²) < 4.78 is 41.9. The number of allylic oxidation sites excluding steroid dienone is 2. The molecule has 1 aromatic carbocycles. The summed E-state index contributed by atoms with van der Waals surface area (Å²) in [6, 6.07) is 4.60. The van der Waals surface area contributed by atoms with Gasteiger partial charge in [-0.2, -0.15) is 5.10 Å². The molecule has 0 radical (unpaired) electrons. The van der Waals surface area contributed by atoms with Gasteiger partial charge < -0.3 is 10.0 Å². The van der Waals surface area contributed by atoms with Crippen molar-refractivity contribution in [2.24, 2.45) is 16.1 Å². The van der Waals surface area contributed by atoms with Gasteiger partial charge in [-0.15, -0.1) is 5.10 Å². The summed E-state index contributed by atoms with van der Waals surface area (Å²) in [5.41, 5.74) is 0.352. The van der Waals surface area contributed by atoms with Crippen molar-refractivity contribution >= 4 is 34.1 Å². The van der Waals surface area contributed by atoms with Gasteiger partial charge in [-0.05, 0) is 37.1 Å². The second-order valence-corrected chi connectivity index (χ2v) is 8.50. The van der Waals surface area contributed by atoms with Gasteiger partial charge in [0.1, 0.15) is 11.7 Å². The zero-order valence-electron chi connectivity index (χ0n) is 15.6. The Kier molecular flexibility index (Phi) is 5.55. The van der Waals surface area contributed by atoms with Gasteiger partial charge in [-0.25, -0.2) is 13.2 Å². The van der Waals surface area contributed by atoms with Gasteiger partial charge in [0.15, 0.2) is 0 Å². The lowest BCUT2D eigenvalue weighted by Gasteiger charge is -2.26. The number of alkyl halides is 2. The molecule has 1 unspecified atom stereocenters. The second kappa shape index (κ2) is 7.48. The lowest BCUT2D eigenvalue weighted by atomic mass is 9.94.